The number of hydrogen-bond donors (Lipinski definition) is 1. The first-order valence-electron chi connectivity index (χ1n) is 8.00. The molecule has 0 aliphatic heterocycles. The maximum atomic E-state index is 12.3. The van der Waals surface area contributed by atoms with E-state index in [0.717, 1.165) is 5.69 Å². The van der Waals surface area contributed by atoms with Gasteiger partial charge in [0.15, 0.2) is 11.3 Å². The minimum absolute atomic E-state index is 0.180. The molecular weight excluding hydrogens is 350 g/mol. The highest BCUT2D eigenvalue weighted by Gasteiger charge is 2.16. The lowest BCUT2D eigenvalue weighted by atomic mass is 10.2. The fourth-order valence-corrected chi connectivity index (χ4v) is 2.64. The normalized spacial score (nSPS) is 10.9. The van der Waals surface area contributed by atoms with Gasteiger partial charge >= 0.3 is 11.7 Å². The van der Waals surface area contributed by atoms with E-state index in [-0.39, 0.29) is 11.7 Å². The molecule has 4 heterocycles. The SMILES string of the molecule is COc1ncc(-c2cnc3c(n2)[nH]c(=O)n3Cc2ccccn2)c(OC)n1. The molecule has 0 radical (unpaired) electrons. The fourth-order valence-electron chi connectivity index (χ4n) is 2.64. The number of ether oxygens (including phenoxy) is 2. The first kappa shape index (κ1) is 16.6. The molecule has 0 spiro atoms. The van der Waals surface area contributed by atoms with E-state index in [0.29, 0.717) is 35.0 Å². The van der Waals surface area contributed by atoms with Gasteiger partial charge < -0.3 is 9.47 Å². The molecule has 10 heteroatoms. The third kappa shape index (κ3) is 3.08. The van der Waals surface area contributed by atoms with Gasteiger partial charge in [0.05, 0.1) is 43.9 Å². The Balaban J connectivity index is 1.77. The Morgan fingerprint density at radius 2 is 1.96 bits per heavy atom. The molecule has 0 aliphatic rings. The number of aromatic amines is 1. The Morgan fingerprint density at radius 1 is 1.07 bits per heavy atom. The molecule has 0 aliphatic carbocycles. The van der Waals surface area contributed by atoms with Crippen LogP contribution in [-0.4, -0.2) is 48.7 Å². The number of imidazole rings is 1. The van der Waals surface area contributed by atoms with Crippen LogP contribution in [0.4, 0.5) is 0 Å². The molecular formula is C17H15N7O3. The molecule has 136 valence electrons. The summed E-state index contributed by atoms with van der Waals surface area (Å²) in [5.41, 5.74) is 2.22. The summed E-state index contributed by atoms with van der Waals surface area (Å²) < 4.78 is 11.8. The van der Waals surface area contributed by atoms with Crippen LogP contribution in [0.15, 0.2) is 41.6 Å². The van der Waals surface area contributed by atoms with Crippen LogP contribution in [0.3, 0.4) is 0 Å². The van der Waals surface area contributed by atoms with Gasteiger partial charge in [0.1, 0.15) is 0 Å². The number of aromatic nitrogens is 7. The molecule has 0 saturated carbocycles. The Hall–Kier alpha value is -3.82. The molecule has 4 aromatic rings. The summed E-state index contributed by atoms with van der Waals surface area (Å²) in [5.74, 6) is 0.297. The summed E-state index contributed by atoms with van der Waals surface area (Å²) in [6.07, 6.45) is 4.75. The number of nitrogens with zero attached hydrogens (tertiary/aromatic N) is 6. The van der Waals surface area contributed by atoms with Crippen molar-refractivity contribution in [1.29, 1.82) is 0 Å². The number of hydrogen-bond acceptors (Lipinski definition) is 8. The van der Waals surface area contributed by atoms with Crippen LogP contribution in [0.1, 0.15) is 5.69 Å². The highest BCUT2D eigenvalue weighted by atomic mass is 16.5. The lowest BCUT2D eigenvalue weighted by Gasteiger charge is -2.07. The first-order valence-corrected chi connectivity index (χ1v) is 8.00. The number of pyridine rings is 1. The molecule has 1 N–H and O–H groups in total. The Kier molecular flexibility index (Phi) is 4.21. The summed E-state index contributed by atoms with van der Waals surface area (Å²) >= 11 is 0. The van der Waals surface area contributed by atoms with E-state index in [9.17, 15) is 4.79 Å². The maximum Gasteiger partial charge on any atom is 0.329 e. The predicted octanol–water partition coefficient (Wildman–Crippen LogP) is 1.04. The highest BCUT2D eigenvalue weighted by Crippen LogP contribution is 2.27. The van der Waals surface area contributed by atoms with Crippen molar-refractivity contribution in [2.45, 2.75) is 6.54 Å². The summed E-state index contributed by atoms with van der Waals surface area (Å²) in [4.78, 5) is 36.4. The van der Waals surface area contributed by atoms with Crippen LogP contribution in [0.25, 0.3) is 22.6 Å². The molecule has 0 saturated heterocycles. The van der Waals surface area contributed by atoms with Gasteiger partial charge in [-0.1, -0.05) is 6.07 Å². The molecule has 4 aromatic heterocycles. The van der Waals surface area contributed by atoms with Crippen LogP contribution >= 0.6 is 0 Å². The zero-order valence-corrected chi connectivity index (χ0v) is 14.6. The van der Waals surface area contributed by atoms with Gasteiger partial charge in [0, 0.05) is 12.4 Å². The van der Waals surface area contributed by atoms with Gasteiger partial charge in [-0.3, -0.25) is 14.5 Å². The second-order valence-electron chi connectivity index (χ2n) is 5.54. The third-order valence-corrected chi connectivity index (χ3v) is 3.91. The number of methoxy groups -OCH3 is 2. The van der Waals surface area contributed by atoms with E-state index < -0.39 is 0 Å². The molecule has 0 amide bonds. The van der Waals surface area contributed by atoms with Crippen LogP contribution in [0.2, 0.25) is 0 Å². The summed E-state index contributed by atoms with van der Waals surface area (Å²) in [6, 6.07) is 5.70. The predicted molar refractivity (Wildman–Crippen MR) is 95.6 cm³/mol. The van der Waals surface area contributed by atoms with E-state index in [1.807, 2.05) is 18.2 Å². The number of nitrogens with one attached hydrogen (secondary N) is 1. The standard InChI is InChI=1S/C17H15N7O3/c1-26-15-11(7-20-16(23-15)27-2)12-8-19-14-13(21-12)22-17(25)24(14)9-10-5-3-4-6-18-10/h3-8H,9H2,1-2H3,(H,21,22,25). The monoisotopic (exact) mass is 365 g/mol. The smallest absolute Gasteiger partial charge is 0.329 e. The van der Waals surface area contributed by atoms with E-state index in [4.69, 9.17) is 9.47 Å². The van der Waals surface area contributed by atoms with E-state index in [1.54, 1.807) is 6.20 Å². The van der Waals surface area contributed by atoms with Crippen LogP contribution in [0.5, 0.6) is 11.9 Å². The Bertz CT molecular complexity index is 1150. The van der Waals surface area contributed by atoms with Gasteiger partial charge in [0.2, 0.25) is 5.88 Å². The van der Waals surface area contributed by atoms with Crippen molar-refractivity contribution in [2.24, 2.45) is 0 Å². The zero-order valence-electron chi connectivity index (χ0n) is 14.6. The summed E-state index contributed by atoms with van der Waals surface area (Å²) in [5, 5.41) is 0. The van der Waals surface area contributed by atoms with Crippen LogP contribution < -0.4 is 15.2 Å². The average Bonchev–Trinajstić information content (AvgIpc) is 3.02. The minimum Gasteiger partial charge on any atom is -0.480 e. The highest BCUT2D eigenvalue weighted by molar-refractivity contribution is 5.72. The average molecular weight is 365 g/mol. The minimum atomic E-state index is -0.314. The molecule has 27 heavy (non-hydrogen) atoms. The largest absolute Gasteiger partial charge is 0.480 e. The maximum absolute atomic E-state index is 12.3. The van der Waals surface area contributed by atoms with Crippen molar-refractivity contribution in [3.05, 3.63) is 53.0 Å². The first-order chi connectivity index (χ1) is 13.2. The summed E-state index contributed by atoms with van der Waals surface area (Å²) in [7, 11) is 2.96. The van der Waals surface area contributed by atoms with E-state index in [2.05, 4.69) is 29.9 Å². The van der Waals surface area contributed by atoms with Gasteiger partial charge in [-0.25, -0.2) is 19.7 Å². The fraction of sp³-hybridized carbons (Fsp3) is 0.176. The van der Waals surface area contributed by atoms with Crippen molar-refractivity contribution < 1.29 is 9.47 Å². The number of fused-ring (bicyclic) bond motifs is 1. The molecule has 0 atom stereocenters. The van der Waals surface area contributed by atoms with Crippen molar-refractivity contribution in [2.75, 3.05) is 14.2 Å². The van der Waals surface area contributed by atoms with Gasteiger partial charge in [-0.05, 0) is 12.1 Å². The number of rotatable bonds is 5. The third-order valence-electron chi connectivity index (χ3n) is 3.91. The molecule has 0 unspecified atom stereocenters. The van der Waals surface area contributed by atoms with Crippen LogP contribution in [-0.2, 0) is 6.54 Å². The Morgan fingerprint density at radius 3 is 2.70 bits per heavy atom. The van der Waals surface area contributed by atoms with E-state index >= 15 is 0 Å². The van der Waals surface area contributed by atoms with Gasteiger partial charge in [-0.15, -0.1) is 0 Å². The van der Waals surface area contributed by atoms with Gasteiger partial charge in [0.25, 0.3) is 0 Å². The van der Waals surface area contributed by atoms with Crippen molar-refractivity contribution in [3.63, 3.8) is 0 Å². The van der Waals surface area contributed by atoms with E-state index in [1.165, 1.54) is 31.2 Å². The summed E-state index contributed by atoms with van der Waals surface area (Å²) in [6.45, 7) is 0.294. The second kappa shape index (κ2) is 6.83. The molecule has 4 rings (SSSR count). The molecule has 0 fully saturated rings. The molecule has 0 bridgehead atoms. The molecule has 10 nitrogen and oxygen atoms in total. The van der Waals surface area contributed by atoms with Gasteiger partial charge in [-0.2, -0.15) is 4.98 Å². The van der Waals surface area contributed by atoms with Crippen molar-refractivity contribution in [3.8, 4) is 23.1 Å². The van der Waals surface area contributed by atoms with Crippen molar-refractivity contribution in [1.82, 2.24) is 34.5 Å². The van der Waals surface area contributed by atoms with Crippen molar-refractivity contribution >= 4 is 11.3 Å². The number of H-pyrrole nitrogens is 1. The lowest BCUT2D eigenvalue weighted by molar-refractivity contribution is 0.353. The topological polar surface area (TPSA) is 121 Å². The zero-order chi connectivity index (χ0) is 18.8. The quantitative estimate of drug-likeness (QED) is 0.557. The second-order valence-corrected chi connectivity index (χ2v) is 5.54. The van der Waals surface area contributed by atoms with Crippen LogP contribution in [0, 0.1) is 0 Å². The molecule has 0 aromatic carbocycles. The Labute approximate surface area is 152 Å². The lowest BCUT2D eigenvalue weighted by Crippen LogP contribution is -2.18.